The summed E-state index contributed by atoms with van der Waals surface area (Å²) in [5.74, 6) is 1.73. The predicted molar refractivity (Wildman–Crippen MR) is 55.9 cm³/mol. The fourth-order valence-electron chi connectivity index (χ4n) is 2.18. The summed E-state index contributed by atoms with van der Waals surface area (Å²) in [5.41, 5.74) is 5.72. The van der Waals surface area contributed by atoms with Crippen molar-refractivity contribution in [2.75, 3.05) is 20.1 Å². The summed E-state index contributed by atoms with van der Waals surface area (Å²) in [5, 5.41) is 0. The number of piperidine rings is 1. The van der Waals surface area contributed by atoms with E-state index in [0.717, 1.165) is 25.3 Å². The Bertz CT molecular complexity index is 271. The van der Waals surface area contributed by atoms with E-state index in [1.165, 1.54) is 6.42 Å². The van der Waals surface area contributed by atoms with Gasteiger partial charge in [0.15, 0.2) is 0 Å². The molecule has 2 rings (SSSR count). The topological polar surface area (TPSA) is 42.4 Å². The van der Waals surface area contributed by atoms with E-state index in [4.69, 9.17) is 10.2 Å². The second-order valence-corrected chi connectivity index (χ2v) is 4.14. The molecule has 2 N–H and O–H groups in total. The van der Waals surface area contributed by atoms with E-state index >= 15 is 0 Å². The van der Waals surface area contributed by atoms with E-state index < -0.39 is 0 Å². The lowest BCUT2D eigenvalue weighted by molar-refractivity contribution is 0.127. The molecule has 0 bridgehead atoms. The molecule has 78 valence electrons. The number of hydrogen-bond acceptors (Lipinski definition) is 3. The van der Waals surface area contributed by atoms with Gasteiger partial charge >= 0.3 is 0 Å². The summed E-state index contributed by atoms with van der Waals surface area (Å²) >= 11 is 0. The smallest absolute Gasteiger partial charge is 0.120 e. The zero-order chi connectivity index (χ0) is 9.97. The second kappa shape index (κ2) is 4.15. The molecule has 0 saturated carbocycles. The molecule has 0 aromatic carbocycles. The van der Waals surface area contributed by atoms with Gasteiger partial charge in [-0.2, -0.15) is 0 Å². The van der Waals surface area contributed by atoms with E-state index in [0.29, 0.717) is 12.0 Å². The van der Waals surface area contributed by atoms with Crippen LogP contribution in [-0.4, -0.2) is 25.0 Å². The molecule has 1 aromatic heterocycles. The predicted octanol–water partition coefficient (Wildman–Crippen LogP) is 1.62. The minimum atomic E-state index is 0.423. The van der Waals surface area contributed by atoms with Crippen LogP contribution in [0.25, 0.3) is 0 Å². The average molecular weight is 194 g/mol. The first-order valence-electron chi connectivity index (χ1n) is 5.25. The van der Waals surface area contributed by atoms with Crippen LogP contribution in [0.15, 0.2) is 22.8 Å². The van der Waals surface area contributed by atoms with Gasteiger partial charge < -0.3 is 10.2 Å². The molecule has 2 atom stereocenters. The SMILES string of the molecule is CN1CC[C@@H](CN)C[C@H]1c1ccco1. The fourth-order valence-corrected chi connectivity index (χ4v) is 2.18. The molecular formula is C11H18N2O. The van der Waals surface area contributed by atoms with Crippen molar-refractivity contribution in [1.82, 2.24) is 4.90 Å². The molecule has 1 fully saturated rings. The highest BCUT2D eigenvalue weighted by Gasteiger charge is 2.27. The first-order valence-corrected chi connectivity index (χ1v) is 5.25. The van der Waals surface area contributed by atoms with Crippen LogP contribution < -0.4 is 5.73 Å². The number of nitrogens with zero attached hydrogens (tertiary/aromatic N) is 1. The first kappa shape index (κ1) is 9.74. The van der Waals surface area contributed by atoms with Gasteiger partial charge in [0.2, 0.25) is 0 Å². The van der Waals surface area contributed by atoms with Gasteiger partial charge in [0.05, 0.1) is 12.3 Å². The third-order valence-corrected chi connectivity index (χ3v) is 3.18. The normalized spacial score (nSPS) is 29.3. The Morgan fingerprint density at radius 2 is 2.50 bits per heavy atom. The summed E-state index contributed by atoms with van der Waals surface area (Å²) in [6, 6.07) is 4.43. The molecule has 1 saturated heterocycles. The minimum absolute atomic E-state index is 0.423. The zero-order valence-corrected chi connectivity index (χ0v) is 8.65. The van der Waals surface area contributed by atoms with E-state index in [-0.39, 0.29) is 0 Å². The molecule has 3 heteroatoms. The molecule has 14 heavy (non-hydrogen) atoms. The van der Waals surface area contributed by atoms with Gasteiger partial charge in [0.25, 0.3) is 0 Å². The van der Waals surface area contributed by atoms with Gasteiger partial charge in [-0.15, -0.1) is 0 Å². The number of furan rings is 1. The van der Waals surface area contributed by atoms with Crippen molar-refractivity contribution in [1.29, 1.82) is 0 Å². The van der Waals surface area contributed by atoms with Gasteiger partial charge in [-0.25, -0.2) is 0 Å². The molecule has 0 amide bonds. The lowest BCUT2D eigenvalue weighted by Crippen LogP contribution is -2.36. The molecule has 0 radical (unpaired) electrons. The highest BCUT2D eigenvalue weighted by atomic mass is 16.3. The minimum Gasteiger partial charge on any atom is -0.468 e. The van der Waals surface area contributed by atoms with Gasteiger partial charge in [0.1, 0.15) is 5.76 Å². The van der Waals surface area contributed by atoms with Crippen molar-refractivity contribution in [2.24, 2.45) is 11.7 Å². The quantitative estimate of drug-likeness (QED) is 0.778. The van der Waals surface area contributed by atoms with E-state index in [1.807, 2.05) is 6.07 Å². The standard InChI is InChI=1S/C11H18N2O/c1-13-5-4-9(8-12)7-10(13)11-3-2-6-14-11/h2-3,6,9-10H,4-5,7-8,12H2,1H3/t9-,10+/m1/s1. The third kappa shape index (κ3) is 1.83. The van der Waals surface area contributed by atoms with Crippen molar-refractivity contribution in [3.05, 3.63) is 24.2 Å². The van der Waals surface area contributed by atoms with Crippen LogP contribution >= 0.6 is 0 Å². The highest BCUT2D eigenvalue weighted by molar-refractivity contribution is 5.06. The van der Waals surface area contributed by atoms with Gasteiger partial charge in [-0.1, -0.05) is 0 Å². The largest absolute Gasteiger partial charge is 0.468 e. The summed E-state index contributed by atoms with van der Waals surface area (Å²) < 4.78 is 5.45. The highest BCUT2D eigenvalue weighted by Crippen LogP contribution is 2.32. The number of rotatable bonds is 2. The molecule has 1 aliphatic rings. The number of hydrogen-bond donors (Lipinski definition) is 1. The Morgan fingerprint density at radius 1 is 1.64 bits per heavy atom. The van der Waals surface area contributed by atoms with Gasteiger partial charge in [0, 0.05) is 0 Å². The van der Waals surface area contributed by atoms with Crippen molar-refractivity contribution in [3.8, 4) is 0 Å². The van der Waals surface area contributed by atoms with Gasteiger partial charge in [-0.3, -0.25) is 4.90 Å². The molecule has 1 aromatic rings. The fraction of sp³-hybridized carbons (Fsp3) is 0.636. The monoisotopic (exact) mass is 194 g/mol. The maximum absolute atomic E-state index is 5.72. The Kier molecular flexibility index (Phi) is 2.89. The van der Waals surface area contributed by atoms with Crippen LogP contribution in [0.5, 0.6) is 0 Å². The summed E-state index contributed by atoms with van der Waals surface area (Å²) in [6.45, 7) is 1.91. The molecule has 1 aliphatic heterocycles. The molecule has 3 nitrogen and oxygen atoms in total. The van der Waals surface area contributed by atoms with Crippen LogP contribution in [0.2, 0.25) is 0 Å². The Hall–Kier alpha value is -0.800. The molecule has 0 unspecified atom stereocenters. The van der Waals surface area contributed by atoms with Crippen molar-refractivity contribution >= 4 is 0 Å². The average Bonchev–Trinajstić information content (AvgIpc) is 2.71. The van der Waals surface area contributed by atoms with Crippen LogP contribution in [0, 0.1) is 5.92 Å². The maximum Gasteiger partial charge on any atom is 0.120 e. The second-order valence-electron chi connectivity index (χ2n) is 4.14. The lowest BCUT2D eigenvalue weighted by atomic mass is 9.90. The summed E-state index contributed by atoms with van der Waals surface area (Å²) in [6.07, 6.45) is 4.08. The molecule has 2 heterocycles. The van der Waals surface area contributed by atoms with Crippen molar-refractivity contribution < 1.29 is 4.42 Å². The van der Waals surface area contributed by atoms with E-state index in [1.54, 1.807) is 6.26 Å². The first-order chi connectivity index (χ1) is 6.81. The maximum atomic E-state index is 5.72. The Balaban J connectivity index is 2.09. The molecule has 0 aliphatic carbocycles. The van der Waals surface area contributed by atoms with Crippen LogP contribution in [0.1, 0.15) is 24.6 Å². The Morgan fingerprint density at radius 3 is 3.14 bits per heavy atom. The van der Waals surface area contributed by atoms with Crippen molar-refractivity contribution in [2.45, 2.75) is 18.9 Å². The summed E-state index contributed by atoms with van der Waals surface area (Å²) in [7, 11) is 2.15. The summed E-state index contributed by atoms with van der Waals surface area (Å²) in [4.78, 5) is 2.35. The van der Waals surface area contributed by atoms with Crippen molar-refractivity contribution in [3.63, 3.8) is 0 Å². The lowest BCUT2D eigenvalue weighted by Gasteiger charge is -2.35. The van der Waals surface area contributed by atoms with E-state index in [2.05, 4.69) is 18.0 Å². The third-order valence-electron chi connectivity index (χ3n) is 3.18. The van der Waals surface area contributed by atoms with E-state index in [9.17, 15) is 0 Å². The van der Waals surface area contributed by atoms with Crippen LogP contribution in [0.4, 0.5) is 0 Å². The van der Waals surface area contributed by atoms with Crippen LogP contribution in [-0.2, 0) is 0 Å². The van der Waals surface area contributed by atoms with Crippen LogP contribution in [0.3, 0.4) is 0 Å². The molecule has 0 spiro atoms. The zero-order valence-electron chi connectivity index (χ0n) is 8.65. The number of nitrogens with two attached hydrogens (primary N) is 1. The number of likely N-dealkylation sites (tertiary alicyclic amines) is 1. The Labute approximate surface area is 84.9 Å². The van der Waals surface area contributed by atoms with Gasteiger partial charge in [-0.05, 0) is 51.0 Å². The molecular weight excluding hydrogens is 176 g/mol.